The van der Waals surface area contributed by atoms with E-state index in [4.69, 9.17) is 21.1 Å². The monoisotopic (exact) mass is 528 g/mol. The fourth-order valence-corrected chi connectivity index (χ4v) is 4.76. The number of aromatic nitrogens is 1. The number of para-hydroxylation sites is 1. The van der Waals surface area contributed by atoms with Crippen molar-refractivity contribution in [3.05, 3.63) is 77.4 Å². The number of halogens is 2. The summed E-state index contributed by atoms with van der Waals surface area (Å²) >= 11 is 6.03. The minimum absolute atomic E-state index is 0. The number of piperazine rings is 1. The van der Waals surface area contributed by atoms with Crippen molar-refractivity contribution in [3.8, 4) is 11.5 Å². The lowest BCUT2D eigenvalue weighted by atomic mass is 10.1. The van der Waals surface area contributed by atoms with Crippen molar-refractivity contribution < 1.29 is 14.3 Å². The van der Waals surface area contributed by atoms with Crippen LogP contribution in [0.5, 0.6) is 11.5 Å². The van der Waals surface area contributed by atoms with Crippen LogP contribution in [0.25, 0.3) is 0 Å². The minimum Gasteiger partial charge on any atom is -0.486 e. The van der Waals surface area contributed by atoms with E-state index in [1.807, 2.05) is 30.3 Å². The minimum atomic E-state index is -0.0843. The van der Waals surface area contributed by atoms with Crippen LogP contribution >= 0.6 is 24.0 Å². The Morgan fingerprint density at radius 3 is 2.47 bits per heavy atom. The van der Waals surface area contributed by atoms with Gasteiger partial charge in [-0.3, -0.25) is 14.6 Å². The Morgan fingerprint density at radius 2 is 1.75 bits per heavy atom. The van der Waals surface area contributed by atoms with Crippen molar-refractivity contribution in [3.63, 3.8) is 0 Å². The van der Waals surface area contributed by atoms with Crippen LogP contribution in [0.2, 0.25) is 5.02 Å². The normalized spacial score (nSPS) is 16.1. The van der Waals surface area contributed by atoms with Crippen molar-refractivity contribution in [2.24, 2.45) is 0 Å². The molecule has 190 valence electrons. The van der Waals surface area contributed by atoms with E-state index in [0.717, 1.165) is 43.4 Å². The fraction of sp³-hybridized carbons (Fsp3) is 0.333. The molecule has 0 spiro atoms. The Morgan fingerprint density at radius 1 is 1.00 bits per heavy atom. The molecule has 0 aliphatic carbocycles. The predicted molar refractivity (Wildman–Crippen MR) is 145 cm³/mol. The standard InChI is InChI=1S/C27H29ClN4O3.ClH/c1-20(19-32(25-7-2-3-12-29-25)27(33)21-8-10-22(28)11-9-21)30-13-15-31(16-14-30)23-5-4-6-24-26(23)35-18-17-34-24;/h2-12,20H,13-19H2,1H3;1H/t20-;/m0./s1. The van der Waals surface area contributed by atoms with Gasteiger partial charge in [0.25, 0.3) is 5.91 Å². The second-order valence-corrected chi connectivity index (χ2v) is 9.22. The Labute approximate surface area is 223 Å². The largest absolute Gasteiger partial charge is 0.486 e. The molecule has 0 saturated carbocycles. The van der Waals surface area contributed by atoms with Gasteiger partial charge in [0.15, 0.2) is 11.5 Å². The molecule has 2 aromatic carbocycles. The summed E-state index contributed by atoms with van der Waals surface area (Å²) in [6.45, 7) is 7.39. The zero-order valence-corrected chi connectivity index (χ0v) is 21.8. The van der Waals surface area contributed by atoms with Gasteiger partial charge in [-0.2, -0.15) is 0 Å². The highest BCUT2D eigenvalue weighted by Crippen LogP contribution is 2.39. The highest BCUT2D eigenvalue weighted by molar-refractivity contribution is 6.30. The fourth-order valence-electron chi connectivity index (χ4n) is 4.63. The first-order valence-electron chi connectivity index (χ1n) is 12.0. The smallest absolute Gasteiger partial charge is 0.259 e. The van der Waals surface area contributed by atoms with E-state index in [9.17, 15) is 4.79 Å². The lowest BCUT2D eigenvalue weighted by molar-refractivity contribution is 0.0973. The van der Waals surface area contributed by atoms with E-state index in [2.05, 4.69) is 27.8 Å². The van der Waals surface area contributed by atoms with Crippen LogP contribution in [-0.2, 0) is 0 Å². The summed E-state index contributed by atoms with van der Waals surface area (Å²) < 4.78 is 11.7. The molecule has 3 aromatic rings. The number of benzene rings is 2. The molecule has 36 heavy (non-hydrogen) atoms. The molecule has 2 aliphatic heterocycles. The second kappa shape index (κ2) is 11.8. The van der Waals surface area contributed by atoms with Crippen LogP contribution in [0.3, 0.4) is 0 Å². The highest BCUT2D eigenvalue weighted by Gasteiger charge is 2.28. The summed E-state index contributed by atoms with van der Waals surface area (Å²) in [7, 11) is 0. The number of hydrogen-bond donors (Lipinski definition) is 0. The van der Waals surface area contributed by atoms with Crippen molar-refractivity contribution in [2.75, 3.05) is 55.7 Å². The SMILES string of the molecule is C[C@@H](CN(C(=O)c1ccc(Cl)cc1)c1ccccn1)N1CCN(c2cccc3c2OCCO3)CC1.Cl. The van der Waals surface area contributed by atoms with Crippen LogP contribution in [0.15, 0.2) is 66.9 Å². The molecule has 1 fully saturated rings. The summed E-state index contributed by atoms with van der Waals surface area (Å²) in [6, 6.07) is 18.9. The molecule has 1 atom stereocenters. The summed E-state index contributed by atoms with van der Waals surface area (Å²) in [5.74, 6) is 2.22. The van der Waals surface area contributed by atoms with Crippen molar-refractivity contribution >= 4 is 41.4 Å². The van der Waals surface area contributed by atoms with Crippen LogP contribution in [-0.4, -0.2) is 67.8 Å². The van der Waals surface area contributed by atoms with Crippen molar-refractivity contribution in [1.82, 2.24) is 9.88 Å². The Balaban J connectivity index is 0.00000304. The van der Waals surface area contributed by atoms with Crippen LogP contribution < -0.4 is 19.3 Å². The molecular weight excluding hydrogens is 499 g/mol. The van der Waals surface area contributed by atoms with E-state index in [1.165, 1.54) is 0 Å². The van der Waals surface area contributed by atoms with Gasteiger partial charge in [-0.15, -0.1) is 12.4 Å². The van der Waals surface area contributed by atoms with Crippen LogP contribution in [0.1, 0.15) is 17.3 Å². The first-order chi connectivity index (χ1) is 17.1. The molecule has 1 amide bonds. The van der Waals surface area contributed by atoms with Gasteiger partial charge in [0.05, 0.1) is 5.69 Å². The predicted octanol–water partition coefficient (Wildman–Crippen LogP) is 4.79. The van der Waals surface area contributed by atoms with Gasteiger partial charge >= 0.3 is 0 Å². The lowest BCUT2D eigenvalue weighted by Gasteiger charge is -2.41. The number of amides is 1. The number of carbonyl (C=O) groups is 1. The summed E-state index contributed by atoms with van der Waals surface area (Å²) in [5.41, 5.74) is 1.68. The van der Waals surface area contributed by atoms with Crippen LogP contribution in [0, 0.1) is 0 Å². The average Bonchev–Trinajstić information content (AvgIpc) is 2.92. The molecule has 5 rings (SSSR count). The van der Waals surface area contributed by atoms with Gasteiger partial charge in [0, 0.05) is 55.5 Å². The summed E-state index contributed by atoms with van der Waals surface area (Å²) in [6.07, 6.45) is 1.72. The third kappa shape index (κ3) is 5.69. The third-order valence-corrected chi connectivity index (χ3v) is 6.78. The van der Waals surface area contributed by atoms with E-state index >= 15 is 0 Å². The topological polar surface area (TPSA) is 58.1 Å². The summed E-state index contributed by atoms with van der Waals surface area (Å²) in [5, 5.41) is 0.605. The van der Waals surface area contributed by atoms with Crippen molar-refractivity contribution in [1.29, 1.82) is 0 Å². The van der Waals surface area contributed by atoms with Crippen LogP contribution in [0.4, 0.5) is 11.5 Å². The number of hydrogen-bond acceptors (Lipinski definition) is 6. The number of nitrogens with zero attached hydrogens (tertiary/aromatic N) is 4. The molecule has 0 unspecified atom stereocenters. The molecule has 0 radical (unpaired) electrons. The van der Waals surface area contributed by atoms with Gasteiger partial charge in [0.1, 0.15) is 19.0 Å². The molecule has 9 heteroatoms. The average molecular weight is 529 g/mol. The molecule has 2 aliphatic rings. The number of fused-ring (bicyclic) bond motifs is 1. The maximum Gasteiger partial charge on any atom is 0.259 e. The zero-order valence-electron chi connectivity index (χ0n) is 20.2. The van der Waals surface area contributed by atoms with Gasteiger partial charge in [-0.05, 0) is 55.5 Å². The van der Waals surface area contributed by atoms with E-state index in [0.29, 0.717) is 36.2 Å². The molecule has 0 N–H and O–H groups in total. The second-order valence-electron chi connectivity index (χ2n) is 8.78. The molecule has 0 bridgehead atoms. The molecular formula is C27H30Cl2N4O3. The molecule has 7 nitrogen and oxygen atoms in total. The Hall–Kier alpha value is -3.00. The summed E-state index contributed by atoms with van der Waals surface area (Å²) in [4.78, 5) is 24.4. The van der Waals surface area contributed by atoms with E-state index < -0.39 is 0 Å². The Kier molecular flexibility index (Phi) is 8.56. The van der Waals surface area contributed by atoms with Gasteiger partial charge in [0.2, 0.25) is 0 Å². The number of ether oxygens (including phenoxy) is 2. The van der Waals surface area contributed by atoms with E-state index in [1.54, 1.807) is 35.4 Å². The third-order valence-electron chi connectivity index (χ3n) is 6.53. The quantitative estimate of drug-likeness (QED) is 0.458. The first-order valence-corrected chi connectivity index (χ1v) is 12.3. The molecule has 1 saturated heterocycles. The van der Waals surface area contributed by atoms with Crippen molar-refractivity contribution in [2.45, 2.75) is 13.0 Å². The maximum absolute atomic E-state index is 13.4. The number of carbonyl (C=O) groups excluding carboxylic acids is 1. The van der Waals surface area contributed by atoms with E-state index in [-0.39, 0.29) is 24.4 Å². The highest BCUT2D eigenvalue weighted by atomic mass is 35.5. The maximum atomic E-state index is 13.4. The molecule has 3 heterocycles. The zero-order chi connectivity index (χ0) is 24.2. The van der Waals surface area contributed by atoms with Gasteiger partial charge < -0.3 is 14.4 Å². The first kappa shape index (κ1) is 26.1. The number of anilines is 2. The van der Waals surface area contributed by atoms with Gasteiger partial charge in [-0.25, -0.2) is 4.98 Å². The number of pyridine rings is 1. The Bertz CT molecular complexity index is 1160. The number of rotatable bonds is 6. The molecule has 1 aromatic heterocycles. The van der Waals surface area contributed by atoms with Gasteiger partial charge in [-0.1, -0.05) is 23.7 Å². The lowest BCUT2D eigenvalue weighted by Crippen LogP contribution is -2.53.